The van der Waals surface area contributed by atoms with Gasteiger partial charge in [0.05, 0.1) is 6.33 Å². The Kier molecular flexibility index (Phi) is 3.56. The molecule has 0 radical (unpaired) electrons. The molecule has 1 unspecified atom stereocenters. The van der Waals surface area contributed by atoms with Crippen LogP contribution in [0.15, 0.2) is 18.7 Å². The van der Waals surface area contributed by atoms with E-state index in [9.17, 15) is 4.79 Å². The van der Waals surface area contributed by atoms with Crippen LogP contribution in [-0.2, 0) is 11.3 Å². The van der Waals surface area contributed by atoms with Crippen molar-refractivity contribution in [1.29, 1.82) is 0 Å². The summed E-state index contributed by atoms with van der Waals surface area (Å²) in [5, 5.41) is 0. The Hall–Kier alpha value is -1.36. The summed E-state index contributed by atoms with van der Waals surface area (Å²) in [4.78, 5) is 17.8. The molecular formula is C11H18N4O. The number of likely N-dealkylation sites (tertiary alicyclic amines) is 1. The molecule has 0 spiro atoms. The summed E-state index contributed by atoms with van der Waals surface area (Å²) in [6.45, 7) is 2.15. The van der Waals surface area contributed by atoms with Crippen LogP contribution in [-0.4, -0.2) is 39.5 Å². The summed E-state index contributed by atoms with van der Waals surface area (Å²) in [6, 6.07) is 0.260. The van der Waals surface area contributed by atoms with E-state index in [1.54, 1.807) is 12.5 Å². The molecule has 2 N–H and O–H groups in total. The van der Waals surface area contributed by atoms with E-state index in [1.807, 2.05) is 15.7 Å². The SMILES string of the molecule is NCC1CCCN1C(=O)CCn1ccnc1. The zero-order valence-corrected chi connectivity index (χ0v) is 9.38. The Balaban J connectivity index is 1.83. The minimum Gasteiger partial charge on any atom is -0.338 e. The van der Waals surface area contributed by atoms with Crippen LogP contribution in [0.3, 0.4) is 0 Å². The van der Waals surface area contributed by atoms with Gasteiger partial charge in [-0.15, -0.1) is 0 Å². The summed E-state index contributed by atoms with van der Waals surface area (Å²) < 4.78 is 1.92. The number of aryl methyl sites for hydroxylation is 1. The Morgan fingerprint density at radius 1 is 1.56 bits per heavy atom. The molecule has 0 aliphatic carbocycles. The predicted octanol–water partition coefficient (Wildman–Crippen LogP) is 0.223. The molecule has 1 atom stereocenters. The first-order chi connectivity index (χ1) is 7.81. The normalized spacial score (nSPS) is 20.3. The lowest BCUT2D eigenvalue weighted by Crippen LogP contribution is -2.40. The second kappa shape index (κ2) is 5.12. The predicted molar refractivity (Wildman–Crippen MR) is 60.6 cm³/mol. The molecule has 1 saturated heterocycles. The number of imidazole rings is 1. The third-order valence-electron chi connectivity index (χ3n) is 3.11. The largest absolute Gasteiger partial charge is 0.338 e. The zero-order chi connectivity index (χ0) is 11.4. The standard InChI is InChI=1S/C11H18N4O/c12-8-10-2-1-5-15(10)11(16)3-6-14-7-4-13-9-14/h4,7,9-10H,1-3,5-6,8,12H2. The second-order valence-electron chi connectivity index (χ2n) is 4.17. The minimum atomic E-state index is 0.210. The van der Waals surface area contributed by atoms with Crippen LogP contribution in [0.2, 0.25) is 0 Å². The van der Waals surface area contributed by atoms with Crippen molar-refractivity contribution in [2.24, 2.45) is 5.73 Å². The van der Waals surface area contributed by atoms with Crippen LogP contribution in [0.4, 0.5) is 0 Å². The molecule has 2 rings (SSSR count). The number of aromatic nitrogens is 2. The van der Waals surface area contributed by atoms with Crippen LogP contribution >= 0.6 is 0 Å². The van der Waals surface area contributed by atoms with Gasteiger partial charge in [-0.25, -0.2) is 4.98 Å². The fourth-order valence-corrected chi connectivity index (χ4v) is 2.20. The van der Waals surface area contributed by atoms with E-state index in [-0.39, 0.29) is 11.9 Å². The molecule has 0 saturated carbocycles. The highest BCUT2D eigenvalue weighted by Gasteiger charge is 2.26. The molecule has 5 nitrogen and oxygen atoms in total. The van der Waals surface area contributed by atoms with E-state index >= 15 is 0 Å². The van der Waals surface area contributed by atoms with Gasteiger partial charge in [0, 0.05) is 44.5 Å². The van der Waals surface area contributed by atoms with Crippen molar-refractivity contribution in [3.63, 3.8) is 0 Å². The zero-order valence-electron chi connectivity index (χ0n) is 9.38. The number of rotatable bonds is 4. The molecular weight excluding hydrogens is 204 g/mol. The number of amides is 1. The van der Waals surface area contributed by atoms with Crippen molar-refractivity contribution >= 4 is 5.91 Å². The summed E-state index contributed by atoms with van der Waals surface area (Å²) in [5.41, 5.74) is 5.64. The van der Waals surface area contributed by atoms with Crippen LogP contribution in [0.25, 0.3) is 0 Å². The van der Waals surface area contributed by atoms with E-state index in [1.165, 1.54) is 0 Å². The maximum Gasteiger partial charge on any atom is 0.224 e. The average Bonchev–Trinajstić information content (AvgIpc) is 2.96. The Morgan fingerprint density at radius 2 is 2.44 bits per heavy atom. The highest BCUT2D eigenvalue weighted by molar-refractivity contribution is 5.76. The van der Waals surface area contributed by atoms with E-state index in [0.717, 1.165) is 19.4 Å². The fraction of sp³-hybridized carbons (Fsp3) is 0.636. The van der Waals surface area contributed by atoms with Gasteiger partial charge in [-0.05, 0) is 12.8 Å². The maximum atomic E-state index is 11.9. The number of hydrogen-bond acceptors (Lipinski definition) is 3. The molecule has 1 aromatic heterocycles. The van der Waals surface area contributed by atoms with Crippen molar-refractivity contribution in [3.05, 3.63) is 18.7 Å². The monoisotopic (exact) mass is 222 g/mol. The van der Waals surface area contributed by atoms with Crippen molar-refractivity contribution in [1.82, 2.24) is 14.5 Å². The molecule has 1 amide bonds. The summed E-state index contributed by atoms with van der Waals surface area (Å²) in [5.74, 6) is 0.210. The molecule has 1 aliphatic heterocycles. The van der Waals surface area contributed by atoms with Crippen molar-refractivity contribution < 1.29 is 4.79 Å². The van der Waals surface area contributed by atoms with Crippen LogP contribution in [0.5, 0.6) is 0 Å². The lowest BCUT2D eigenvalue weighted by Gasteiger charge is -2.23. The van der Waals surface area contributed by atoms with Gasteiger partial charge in [-0.3, -0.25) is 4.79 Å². The number of carbonyl (C=O) groups is 1. The maximum absolute atomic E-state index is 11.9. The first-order valence-electron chi connectivity index (χ1n) is 5.76. The second-order valence-corrected chi connectivity index (χ2v) is 4.17. The molecule has 1 aliphatic rings. The summed E-state index contributed by atoms with van der Waals surface area (Å²) in [7, 11) is 0. The molecule has 5 heteroatoms. The van der Waals surface area contributed by atoms with E-state index in [4.69, 9.17) is 5.73 Å². The van der Waals surface area contributed by atoms with Gasteiger partial charge in [0.15, 0.2) is 0 Å². The van der Waals surface area contributed by atoms with Gasteiger partial charge in [0.1, 0.15) is 0 Å². The summed E-state index contributed by atoms with van der Waals surface area (Å²) in [6.07, 6.45) is 8.00. The fourth-order valence-electron chi connectivity index (χ4n) is 2.20. The quantitative estimate of drug-likeness (QED) is 0.792. The van der Waals surface area contributed by atoms with Crippen molar-refractivity contribution in [3.8, 4) is 0 Å². The van der Waals surface area contributed by atoms with Gasteiger partial charge in [-0.2, -0.15) is 0 Å². The highest BCUT2D eigenvalue weighted by atomic mass is 16.2. The van der Waals surface area contributed by atoms with E-state index in [2.05, 4.69) is 4.98 Å². The Bertz CT molecular complexity index is 336. The van der Waals surface area contributed by atoms with Gasteiger partial charge in [0.25, 0.3) is 0 Å². The summed E-state index contributed by atoms with van der Waals surface area (Å²) >= 11 is 0. The van der Waals surface area contributed by atoms with E-state index < -0.39 is 0 Å². The van der Waals surface area contributed by atoms with Gasteiger partial charge < -0.3 is 15.2 Å². The van der Waals surface area contributed by atoms with Crippen LogP contribution in [0.1, 0.15) is 19.3 Å². The topological polar surface area (TPSA) is 64.2 Å². The van der Waals surface area contributed by atoms with Crippen LogP contribution in [0, 0.1) is 0 Å². The van der Waals surface area contributed by atoms with Crippen molar-refractivity contribution in [2.75, 3.05) is 13.1 Å². The number of carbonyl (C=O) groups excluding carboxylic acids is 1. The molecule has 1 fully saturated rings. The van der Waals surface area contributed by atoms with E-state index in [0.29, 0.717) is 19.5 Å². The first-order valence-corrected chi connectivity index (χ1v) is 5.76. The number of nitrogens with zero attached hydrogens (tertiary/aromatic N) is 3. The number of nitrogens with two attached hydrogens (primary N) is 1. The Labute approximate surface area is 95.2 Å². The molecule has 2 heterocycles. The van der Waals surface area contributed by atoms with Crippen molar-refractivity contribution in [2.45, 2.75) is 31.8 Å². The first kappa shape index (κ1) is 11.1. The average molecular weight is 222 g/mol. The third-order valence-corrected chi connectivity index (χ3v) is 3.11. The van der Waals surface area contributed by atoms with Crippen LogP contribution < -0.4 is 5.73 Å². The molecule has 1 aromatic rings. The third kappa shape index (κ3) is 2.41. The molecule has 0 aromatic carbocycles. The minimum absolute atomic E-state index is 0.210. The lowest BCUT2D eigenvalue weighted by molar-refractivity contribution is -0.132. The smallest absolute Gasteiger partial charge is 0.224 e. The highest BCUT2D eigenvalue weighted by Crippen LogP contribution is 2.17. The van der Waals surface area contributed by atoms with Gasteiger partial charge in [-0.1, -0.05) is 0 Å². The number of hydrogen-bond donors (Lipinski definition) is 1. The molecule has 88 valence electrons. The van der Waals surface area contributed by atoms with Gasteiger partial charge in [0.2, 0.25) is 5.91 Å². The molecule has 0 bridgehead atoms. The van der Waals surface area contributed by atoms with Gasteiger partial charge >= 0.3 is 0 Å². The lowest BCUT2D eigenvalue weighted by atomic mass is 10.2. The Morgan fingerprint density at radius 3 is 3.12 bits per heavy atom. The molecule has 16 heavy (non-hydrogen) atoms.